The Bertz CT molecular complexity index is 1220. The first-order valence-electron chi connectivity index (χ1n) is 9.04. The van der Waals surface area contributed by atoms with Crippen LogP contribution in [-0.2, 0) is 21.2 Å². The standard InChI is InChI=1S/C21H17F3N2O5S/c22-21(23,24)31-17-9-5-4-8-16(17)30-18-11-10-15(13-19(18)32(25,28)29)26-20(27)12-14-6-2-1-3-7-14/h1-11,13H,12H2,(H,26,27)(H2,25,28,29). The van der Waals surface area contributed by atoms with Crippen LogP contribution in [0.4, 0.5) is 18.9 Å². The number of hydrogen-bond donors (Lipinski definition) is 2. The number of amides is 1. The maximum atomic E-state index is 12.6. The third-order valence-corrected chi connectivity index (χ3v) is 4.97. The summed E-state index contributed by atoms with van der Waals surface area (Å²) in [5.41, 5.74) is 0.861. The van der Waals surface area contributed by atoms with Crippen molar-refractivity contribution in [1.29, 1.82) is 0 Å². The fourth-order valence-corrected chi connectivity index (χ4v) is 3.42. The molecule has 0 heterocycles. The molecule has 0 saturated heterocycles. The predicted octanol–water partition coefficient (Wildman–Crippen LogP) is 4.21. The van der Waals surface area contributed by atoms with Crippen LogP contribution in [0.15, 0.2) is 77.7 Å². The number of benzene rings is 3. The number of halogens is 3. The van der Waals surface area contributed by atoms with Crippen LogP contribution in [0.1, 0.15) is 5.56 Å². The summed E-state index contributed by atoms with van der Waals surface area (Å²) in [4.78, 5) is 11.7. The van der Waals surface area contributed by atoms with E-state index in [2.05, 4.69) is 10.1 Å². The average molecular weight is 466 g/mol. The third kappa shape index (κ3) is 6.46. The van der Waals surface area contributed by atoms with Crippen molar-refractivity contribution in [1.82, 2.24) is 0 Å². The van der Waals surface area contributed by atoms with E-state index in [0.717, 1.165) is 17.7 Å². The summed E-state index contributed by atoms with van der Waals surface area (Å²) in [5, 5.41) is 7.79. The topological polar surface area (TPSA) is 108 Å². The first-order valence-corrected chi connectivity index (χ1v) is 10.6. The molecule has 3 rings (SSSR count). The Balaban J connectivity index is 1.86. The van der Waals surface area contributed by atoms with Gasteiger partial charge in [-0.3, -0.25) is 4.79 Å². The molecular formula is C21H17F3N2O5S. The van der Waals surface area contributed by atoms with Crippen molar-refractivity contribution in [2.45, 2.75) is 17.7 Å². The van der Waals surface area contributed by atoms with E-state index in [9.17, 15) is 26.4 Å². The SMILES string of the molecule is NS(=O)(=O)c1cc(NC(=O)Cc2ccccc2)ccc1Oc1ccccc1OC(F)(F)F. The minimum Gasteiger partial charge on any atom is -0.452 e. The van der Waals surface area contributed by atoms with E-state index in [1.807, 2.05) is 0 Å². The van der Waals surface area contributed by atoms with Crippen molar-refractivity contribution >= 4 is 21.6 Å². The highest BCUT2D eigenvalue weighted by Crippen LogP contribution is 2.37. The van der Waals surface area contributed by atoms with Gasteiger partial charge in [-0.25, -0.2) is 13.6 Å². The lowest BCUT2D eigenvalue weighted by Crippen LogP contribution is -2.18. The molecule has 0 aliphatic rings. The molecular weight excluding hydrogens is 449 g/mol. The highest BCUT2D eigenvalue weighted by Gasteiger charge is 2.32. The van der Waals surface area contributed by atoms with Crippen molar-refractivity contribution in [2.75, 3.05) is 5.32 Å². The largest absolute Gasteiger partial charge is 0.573 e. The van der Waals surface area contributed by atoms with Gasteiger partial charge in [-0.2, -0.15) is 0 Å². The molecule has 168 valence electrons. The van der Waals surface area contributed by atoms with Gasteiger partial charge in [0.1, 0.15) is 10.6 Å². The lowest BCUT2D eigenvalue weighted by molar-refractivity contribution is -0.275. The Morgan fingerprint density at radius 3 is 2.16 bits per heavy atom. The van der Waals surface area contributed by atoms with Gasteiger partial charge in [0.15, 0.2) is 11.5 Å². The van der Waals surface area contributed by atoms with Crippen molar-refractivity contribution in [2.24, 2.45) is 5.14 Å². The Morgan fingerprint density at radius 1 is 0.906 bits per heavy atom. The van der Waals surface area contributed by atoms with Crippen LogP contribution in [0.25, 0.3) is 0 Å². The van der Waals surface area contributed by atoms with Crippen LogP contribution in [0.5, 0.6) is 17.2 Å². The second-order valence-electron chi connectivity index (χ2n) is 6.51. The van der Waals surface area contributed by atoms with E-state index in [1.54, 1.807) is 30.3 Å². The number of carbonyl (C=O) groups excluding carboxylic acids is 1. The molecule has 0 aliphatic heterocycles. The van der Waals surface area contributed by atoms with Gasteiger partial charge < -0.3 is 14.8 Å². The number of rotatable bonds is 7. The number of hydrogen-bond acceptors (Lipinski definition) is 5. The molecule has 0 aliphatic carbocycles. The molecule has 0 saturated carbocycles. The quantitative estimate of drug-likeness (QED) is 0.543. The van der Waals surface area contributed by atoms with Gasteiger partial charge in [0.2, 0.25) is 15.9 Å². The smallest absolute Gasteiger partial charge is 0.452 e. The third-order valence-electron chi connectivity index (χ3n) is 4.04. The number of anilines is 1. The number of para-hydroxylation sites is 2. The van der Waals surface area contributed by atoms with Crippen molar-refractivity contribution in [3.05, 3.63) is 78.4 Å². The lowest BCUT2D eigenvalue weighted by atomic mass is 10.1. The molecule has 1 amide bonds. The first kappa shape index (κ1) is 23.1. The summed E-state index contributed by atoms with van der Waals surface area (Å²) in [6.45, 7) is 0. The molecule has 11 heteroatoms. The Kier molecular flexibility index (Phi) is 6.70. The first-order chi connectivity index (χ1) is 15.0. The van der Waals surface area contributed by atoms with E-state index in [4.69, 9.17) is 9.88 Å². The van der Waals surface area contributed by atoms with E-state index in [0.29, 0.717) is 0 Å². The van der Waals surface area contributed by atoms with Gasteiger partial charge in [-0.05, 0) is 35.9 Å². The van der Waals surface area contributed by atoms with Crippen LogP contribution in [0, 0.1) is 0 Å². The van der Waals surface area contributed by atoms with E-state index in [1.165, 1.54) is 30.3 Å². The maximum absolute atomic E-state index is 12.6. The zero-order chi connectivity index (χ0) is 23.4. The number of sulfonamides is 1. The molecule has 32 heavy (non-hydrogen) atoms. The summed E-state index contributed by atoms with van der Waals surface area (Å²) in [7, 11) is -4.36. The van der Waals surface area contributed by atoms with Crippen LogP contribution in [0.2, 0.25) is 0 Å². The van der Waals surface area contributed by atoms with Gasteiger partial charge in [-0.15, -0.1) is 13.2 Å². The number of alkyl halides is 3. The zero-order valence-corrected chi connectivity index (χ0v) is 17.1. The molecule has 0 aromatic heterocycles. The normalized spacial score (nSPS) is 11.6. The Labute approximate surface area is 181 Å². The monoisotopic (exact) mass is 466 g/mol. The highest BCUT2D eigenvalue weighted by atomic mass is 32.2. The van der Waals surface area contributed by atoms with E-state index < -0.39 is 32.9 Å². The minimum absolute atomic E-state index is 0.0476. The number of nitrogens with one attached hydrogen (secondary N) is 1. The van der Waals surface area contributed by atoms with Crippen LogP contribution in [-0.4, -0.2) is 20.7 Å². The zero-order valence-electron chi connectivity index (χ0n) is 16.3. The predicted molar refractivity (Wildman–Crippen MR) is 110 cm³/mol. The second kappa shape index (κ2) is 9.28. The Hall–Kier alpha value is -3.57. The molecule has 0 fully saturated rings. The van der Waals surface area contributed by atoms with Crippen molar-refractivity contribution < 1.29 is 35.9 Å². The van der Waals surface area contributed by atoms with Gasteiger partial charge in [0.25, 0.3) is 0 Å². The van der Waals surface area contributed by atoms with Gasteiger partial charge in [0.05, 0.1) is 6.42 Å². The molecule has 0 unspecified atom stereocenters. The summed E-state index contributed by atoms with van der Waals surface area (Å²) in [6, 6.07) is 17.3. The lowest BCUT2D eigenvalue weighted by Gasteiger charge is -2.16. The number of nitrogens with two attached hydrogens (primary N) is 1. The average Bonchev–Trinajstić information content (AvgIpc) is 2.69. The van der Waals surface area contributed by atoms with Crippen molar-refractivity contribution in [3.8, 4) is 17.2 Å². The maximum Gasteiger partial charge on any atom is 0.573 e. The molecule has 3 aromatic rings. The summed E-state index contributed by atoms with van der Waals surface area (Å²) >= 11 is 0. The van der Waals surface area contributed by atoms with E-state index in [-0.39, 0.29) is 23.6 Å². The van der Waals surface area contributed by atoms with E-state index >= 15 is 0 Å². The molecule has 7 nitrogen and oxygen atoms in total. The molecule has 3 N–H and O–H groups in total. The van der Waals surface area contributed by atoms with Gasteiger partial charge in [-0.1, -0.05) is 42.5 Å². The second-order valence-corrected chi connectivity index (χ2v) is 8.04. The molecule has 0 bridgehead atoms. The highest BCUT2D eigenvalue weighted by molar-refractivity contribution is 7.89. The van der Waals surface area contributed by atoms with Gasteiger partial charge >= 0.3 is 6.36 Å². The summed E-state index contributed by atoms with van der Waals surface area (Å²) < 4.78 is 71.3. The number of carbonyl (C=O) groups is 1. The van der Waals surface area contributed by atoms with Crippen LogP contribution < -0.4 is 19.9 Å². The fourth-order valence-electron chi connectivity index (χ4n) is 2.74. The minimum atomic E-state index is -4.98. The Morgan fingerprint density at radius 2 is 1.53 bits per heavy atom. The summed E-state index contributed by atoms with van der Waals surface area (Å²) in [5.74, 6) is -1.79. The molecule has 0 radical (unpaired) electrons. The van der Waals surface area contributed by atoms with Gasteiger partial charge in [0, 0.05) is 5.69 Å². The molecule has 0 atom stereocenters. The molecule has 3 aromatic carbocycles. The number of primary sulfonamides is 1. The van der Waals surface area contributed by atoms with Crippen molar-refractivity contribution in [3.63, 3.8) is 0 Å². The summed E-state index contributed by atoms with van der Waals surface area (Å²) in [6.07, 6.45) is -4.93. The van der Waals surface area contributed by atoms with Crippen LogP contribution in [0.3, 0.4) is 0 Å². The van der Waals surface area contributed by atoms with Crippen LogP contribution >= 0.6 is 0 Å². The molecule has 0 spiro atoms. The fraction of sp³-hybridized carbons (Fsp3) is 0.0952. The number of ether oxygens (including phenoxy) is 2.